The van der Waals surface area contributed by atoms with Gasteiger partial charge < -0.3 is 9.84 Å². The molecular weight excluding hydrogens is 264 g/mol. The minimum absolute atomic E-state index is 0.0518. The number of ether oxygens (including phenoxy) is 1. The van der Waals surface area contributed by atoms with Crippen LogP contribution >= 0.6 is 0 Å². The number of carboxylic acids is 1. The number of fused-ring (bicyclic) bond motifs is 1. The molecule has 0 unspecified atom stereocenters. The highest BCUT2D eigenvalue weighted by atomic mass is 16.5. The average Bonchev–Trinajstić information content (AvgIpc) is 2.49. The van der Waals surface area contributed by atoms with E-state index in [1.807, 2.05) is 54.6 Å². The molecule has 0 saturated carbocycles. The Labute approximate surface area is 122 Å². The zero-order valence-electron chi connectivity index (χ0n) is 11.3. The van der Waals surface area contributed by atoms with Crippen molar-refractivity contribution in [2.24, 2.45) is 0 Å². The Bertz CT molecular complexity index is 793. The lowest BCUT2D eigenvalue weighted by Crippen LogP contribution is -2.01. The molecule has 0 bridgehead atoms. The second kappa shape index (κ2) is 5.67. The minimum atomic E-state index is -0.871. The molecule has 3 rings (SSSR count). The van der Waals surface area contributed by atoms with Gasteiger partial charge >= 0.3 is 5.97 Å². The van der Waals surface area contributed by atoms with Crippen LogP contribution in [-0.2, 0) is 11.2 Å². The van der Waals surface area contributed by atoms with Crippen LogP contribution in [0.5, 0.6) is 11.5 Å². The summed E-state index contributed by atoms with van der Waals surface area (Å²) in [6.45, 7) is 0. The van der Waals surface area contributed by atoms with Gasteiger partial charge in [-0.25, -0.2) is 0 Å². The molecule has 1 N–H and O–H groups in total. The fourth-order valence-electron chi connectivity index (χ4n) is 2.27. The van der Waals surface area contributed by atoms with Gasteiger partial charge in [0.1, 0.15) is 11.5 Å². The Morgan fingerprint density at radius 1 is 0.905 bits per heavy atom. The fraction of sp³-hybridized carbons (Fsp3) is 0.0556. The zero-order valence-corrected chi connectivity index (χ0v) is 11.3. The van der Waals surface area contributed by atoms with Gasteiger partial charge in [-0.2, -0.15) is 0 Å². The van der Waals surface area contributed by atoms with E-state index >= 15 is 0 Å². The first kappa shape index (κ1) is 13.2. The zero-order chi connectivity index (χ0) is 14.7. The van der Waals surface area contributed by atoms with Crippen molar-refractivity contribution in [1.82, 2.24) is 0 Å². The summed E-state index contributed by atoms with van der Waals surface area (Å²) in [5.41, 5.74) is 0.665. The van der Waals surface area contributed by atoms with Crippen molar-refractivity contribution in [2.75, 3.05) is 0 Å². The Balaban J connectivity index is 1.93. The molecule has 0 aliphatic carbocycles. The maximum absolute atomic E-state index is 10.9. The largest absolute Gasteiger partial charge is 0.481 e. The number of aliphatic carboxylic acids is 1. The van der Waals surface area contributed by atoms with Crippen molar-refractivity contribution in [3.8, 4) is 11.5 Å². The molecule has 3 aromatic rings. The molecule has 0 amide bonds. The van der Waals surface area contributed by atoms with Gasteiger partial charge in [0.15, 0.2) is 0 Å². The molecule has 3 nitrogen and oxygen atoms in total. The van der Waals surface area contributed by atoms with E-state index in [4.69, 9.17) is 9.84 Å². The van der Waals surface area contributed by atoms with Crippen molar-refractivity contribution >= 4 is 16.7 Å². The number of hydrogen-bond acceptors (Lipinski definition) is 2. The van der Waals surface area contributed by atoms with Crippen molar-refractivity contribution in [1.29, 1.82) is 0 Å². The molecule has 0 fully saturated rings. The molecule has 0 atom stereocenters. The normalized spacial score (nSPS) is 10.5. The van der Waals surface area contributed by atoms with Crippen LogP contribution in [0.4, 0.5) is 0 Å². The molecule has 0 saturated heterocycles. The van der Waals surface area contributed by atoms with Gasteiger partial charge in [-0.3, -0.25) is 4.79 Å². The summed E-state index contributed by atoms with van der Waals surface area (Å²) >= 11 is 0. The summed E-state index contributed by atoms with van der Waals surface area (Å²) in [5, 5.41) is 11.2. The van der Waals surface area contributed by atoms with E-state index in [0.717, 1.165) is 10.8 Å². The quantitative estimate of drug-likeness (QED) is 0.775. The number of benzene rings is 3. The standard InChI is InChI=1S/C18H14O3/c19-18(20)12-15-7-3-4-8-17(15)21-16-10-9-13-5-1-2-6-14(13)11-16/h1-11H,12H2,(H,19,20). The van der Waals surface area contributed by atoms with Crippen molar-refractivity contribution < 1.29 is 14.6 Å². The number of para-hydroxylation sites is 1. The van der Waals surface area contributed by atoms with E-state index in [1.54, 1.807) is 12.1 Å². The van der Waals surface area contributed by atoms with Crippen molar-refractivity contribution in [2.45, 2.75) is 6.42 Å². The van der Waals surface area contributed by atoms with Crippen molar-refractivity contribution in [3.63, 3.8) is 0 Å². The molecule has 0 aliphatic rings. The van der Waals surface area contributed by atoms with E-state index < -0.39 is 5.97 Å². The van der Waals surface area contributed by atoms with E-state index in [9.17, 15) is 4.79 Å². The monoisotopic (exact) mass is 278 g/mol. The third-order valence-electron chi connectivity index (χ3n) is 3.26. The smallest absolute Gasteiger partial charge is 0.307 e. The fourth-order valence-corrected chi connectivity index (χ4v) is 2.27. The van der Waals surface area contributed by atoms with E-state index in [-0.39, 0.29) is 6.42 Å². The lowest BCUT2D eigenvalue weighted by atomic mass is 10.1. The van der Waals surface area contributed by atoms with E-state index in [2.05, 4.69) is 0 Å². The summed E-state index contributed by atoms with van der Waals surface area (Å²) in [5.74, 6) is 0.409. The molecule has 3 heteroatoms. The van der Waals surface area contributed by atoms with E-state index in [0.29, 0.717) is 17.1 Å². The topological polar surface area (TPSA) is 46.5 Å². The third-order valence-corrected chi connectivity index (χ3v) is 3.26. The lowest BCUT2D eigenvalue weighted by molar-refractivity contribution is -0.136. The van der Waals surface area contributed by atoms with Crippen LogP contribution in [0, 0.1) is 0 Å². The van der Waals surface area contributed by atoms with Crippen LogP contribution in [0.2, 0.25) is 0 Å². The highest BCUT2D eigenvalue weighted by Crippen LogP contribution is 2.28. The van der Waals surface area contributed by atoms with Gasteiger partial charge in [0.05, 0.1) is 6.42 Å². The Hall–Kier alpha value is -2.81. The maximum atomic E-state index is 10.9. The number of rotatable bonds is 4. The Morgan fingerprint density at radius 3 is 2.43 bits per heavy atom. The Kier molecular flexibility index (Phi) is 3.56. The van der Waals surface area contributed by atoms with Crippen molar-refractivity contribution in [3.05, 3.63) is 72.3 Å². The van der Waals surface area contributed by atoms with Gasteiger partial charge in [0.2, 0.25) is 0 Å². The first-order chi connectivity index (χ1) is 10.2. The van der Waals surface area contributed by atoms with Gasteiger partial charge in [0.25, 0.3) is 0 Å². The first-order valence-electron chi connectivity index (χ1n) is 6.69. The highest BCUT2D eigenvalue weighted by Gasteiger charge is 2.08. The maximum Gasteiger partial charge on any atom is 0.307 e. The van der Waals surface area contributed by atoms with Gasteiger partial charge in [-0.1, -0.05) is 48.5 Å². The van der Waals surface area contributed by atoms with E-state index in [1.165, 1.54) is 0 Å². The first-order valence-corrected chi connectivity index (χ1v) is 6.69. The number of hydrogen-bond donors (Lipinski definition) is 1. The van der Waals surface area contributed by atoms with Gasteiger partial charge in [-0.15, -0.1) is 0 Å². The minimum Gasteiger partial charge on any atom is -0.481 e. The van der Waals surface area contributed by atoms with Crippen LogP contribution in [0.15, 0.2) is 66.7 Å². The van der Waals surface area contributed by atoms with Gasteiger partial charge in [-0.05, 0) is 29.0 Å². The summed E-state index contributed by atoms with van der Waals surface area (Å²) in [6.07, 6.45) is -0.0518. The molecule has 0 spiro atoms. The highest BCUT2D eigenvalue weighted by molar-refractivity contribution is 5.83. The molecule has 0 aromatic heterocycles. The molecule has 0 aliphatic heterocycles. The summed E-state index contributed by atoms with van der Waals surface area (Å²) in [7, 11) is 0. The van der Waals surface area contributed by atoms with Crippen LogP contribution < -0.4 is 4.74 Å². The summed E-state index contributed by atoms with van der Waals surface area (Å²) < 4.78 is 5.86. The predicted molar refractivity (Wildman–Crippen MR) is 81.8 cm³/mol. The second-order valence-electron chi connectivity index (χ2n) is 4.79. The Morgan fingerprint density at radius 2 is 1.62 bits per heavy atom. The molecule has 104 valence electrons. The third kappa shape index (κ3) is 3.03. The average molecular weight is 278 g/mol. The number of carbonyl (C=O) groups is 1. The molecule has 0 heterocycles. The predicted octanol–water partition coefficient (Wildman–Crippen LogP) is 4.26. The van der Waals surface area contributed by atoms with Gasteiger partial charge in [0, 0.05) is 5.56 Å². The van der Waals surface area contributed by atoms with Crippen LogP contribution in [-0.4, -0.2) is 11.1 Å². The lowest BCUT2D eigenvalue weighted by Gasteiger charge is -2.10. The summed E-state index contributed by atoms with van der Waals surface area (Å²) in [4.78, 5) is 10.9. The SMILES string of the molecule is O=C(O)Cc1ccccc1Oc1ccc2ccccc2c1. The summed E-state index contributed by atoms with van der Waals surface area (Å²) in [6, 6.07) is 21.1. The van der Waals surface area contributed by atoms with Crippen LogP contribution in [0.25, 0.3) is 10.8 Å². The number of carboxylic acid groups (broad SMARTS) is 1. The van der Waals surface area contributed by atoms with Crippen LogP contribution in [0.3, 0.4) is 0 Å². The second-order valence-corrected chi connectivity index (χ2v) is 4.79. The molecule has 21 heavy (non-hydrogen) atoms. The van der Waals surface area contributed by atoms with Crippen LogP contribution in [0.1, 0.15) is 5.56 Å². The molecular formula is C18H14O3. The molecule has 3 aromatic carbocycles. The molecule has 0 radical (unpaired) electrons.